The molecule has 0 aromatic rings. The fraction of sp³-hybridized carbons (Fsp3) is 0.667. The van der Waals surface area contributed by atoms with Crippen molar-refractivity contribution in [1.82, 2.24) is 0 Å². The topological polar surface area (TPSA) is 30.7 Å². The van der Waals surface area contributed by atoms with Crippen LogP contribution < -0.4 is 0 Å². The standard InChI is InChI=1S/C12H19NO2/c1-9(2)10(3)12(4,5)8-15-11(14)7-13-6/h7-8H2,1-5H3. The fourth-order valence-electron chi connectivity index (χ4n) is 1.16. The third-order valence-corrected chi connectivity index (χ3v) is 2.57. The lowest BCUT2D eigenvalue weighted by Crippen LogP contribution is -2.24. The first kappa shape index (κ1) is 13.7. The van der Waals surface area contributed by atoms with Crippen LogP contribution in [0.15, 0.2) is 11.1 Å². The molecule has 0 unspecified atom stereocenters. The Balaban J connectivity index is 4.36. The second-order valence-electron chi connectivity index (χ2n) is 4.49. The lowest BCUT2D eigenvalue weighted by molar-refractivity contribution is -0.143. The van der Waals surface area contributed by atoms with Gasteiger partial charge in [-0.05, 0) is 20.8 Å². The van der Waals surface area contributed by atoms with Gasteiger partial charge in [-0.15, -0.1) is 0 Å². The highest BCUT2D eigenvalue weighted by atomic mass is 16.5. The Kier molecular flexibility index (Phi) is 5.07. The maximum atomic E-state index is 11.0. The molecule has 0 rings (SSSR count). The quantitative estimate of drug-likeness (QED) is 0.405. The van der Waals surface area contributed by atoms with Crippen LogP contribution in [0.2, 0.25) is 0 Å². The SMILES string of the molecule is [C-]#[N+]CC(=O)OCC(C)(C)C(C)=C(C)C. The highest BCUT2D eigenvalue weighted by Crippen LogP contribution is 2.28. The number of rotatable bonds is 4. The molecule has 0 spiro atoms. The average Bonchev–Trinajstić information content (AvgIpc) is 2.14. The van der Waals surface area contributed by atoms with Crippen LogP contribution in [0.4, 0.5) is 0 Å². The van der Waals surface area contributed by atoms with Crippen molar-refractivity contribution < 1.29 is 9.53 Å². The van der Waals surface area contributed by atoms with Gasteiger partial charge in [0.05, 0.1) is 0 Å². The molecule has 84 valence electrons. The van der Waals surface area contributed by atoms with E-state index >= 15 is 0 Å². The third-order valence-electron chi connectivity index (χ3n) is 2.57. The van der Waals surface area contributed by atoms with Gasteiger partial charge in [0, 0.05) is 5.41 Å². The van der Waals surface area contributed by atoms with E-state index in [4.69, 9.17) is 11.3 Å². The maximum absolute atomic E-state index is 11.0. The van der Waals surface area contributed by atoms with Crippen LogP contribution in [-0.4, -0.2) is 19.1 Å². The van der Waals surface area contributed by atoms with Crippen molar-refractivity contribution >= 4 is 5.97 Å². The summed E-state index contributed by atoms with van der Waals surface area (Å²) in [5.74, 6) is -0.445. The van der Waals surface area contributed by atoms with Crippen molar-refractivity contribution in [3.63, 3.8) is 0 Å². The third kappa shape index (κ3) is 4.64. The molecule has 0 aliphatic heterocycles. The summed E-state index contributed by atoms with van der Waals surface area (Å²) in [6, 6.07) is 0. The van der Waals surface area contributed by atoms with Crippen LogP contribution in [0.3, 0.4) is 0 Å². The first-order valence-corrected chi connectivity index (χ1v) is 4.94. The molecule has 0 aliphatic rings. The summed E-state index contributed by atoms with van der Waals surface area (Å²) < 4.78 is 5.03. The smallest absolute Gasteiger partial charge is 0.387 e. The Morgan fingerprint density at radius 3 is 2.27 bits per heavy atom. The number of allylic oxidation sites excluding steroid dienone is 1. The molecule has 0 heterocycles. The normalized spacial score (nSPS) is 10.4. The molecule has 15 heavy (non-hydrogen) atoms. The van der Waals surface area contributed by atoms with E-state index in [1.807, 2.05) is 34.6 Å². The molecule has 0 bridgehead atoms. The van der Waals surface area contributed by atoms with Gasteiger partial charge in [-0.3, -0.25) is 0 Å². The number of hydrogen-bond acceptors (Lipinski definition) is 2. The zero-order valence-electron chi connectivity index (χ0n) is 10.2. The molecular weight excluding hydrogens is 190 g/mol. The molecule has 0 aromatic heterocycles. The summed E-state index contributed by atoms with van der Waals surface area (Å²) in [4.78, 5) is 14.0. The highest BCUT2D eigenvalue weighted by Gasteiger charge is 2.23. The van der Waals surface area contributed by atoms with Gasteiger partial charge in [-0.25, -0.2) is 11.4 Å². The van der Waals surface area contributed by atoms with E-state index in [2.05, 4.69) is 4.85 Å². The van der Waals surface area contributed by atoms with Crippen molar-refractivity contribution in [3.05, 3.63) is 22.6 Å². The maximum Gasteiger partial charge on any atom is 0.387 e. The van der Waals surface area contributed by atoms with Gasteiger partial charge in [-0.2, -0.15) is 0 Å². The Labute approximate surface area is 91.9 Å². The van der Waals surface area contributed by atoms with Gasteiger partial charge in [0.15, 0.2) is 0 Å². The van der Waals surface area contributed by atoms with E-state index in [9.17, 15) is 4.79 Å². The van der Waals surface area contributed by atoms with Crippen LogP contribution in [0.25, 0.3) is 4.85 Å². The van der Waals surface area contributed by atoms with Crippen LogP contribution >= 0.6 is 0 Å². The minimum atomic E-state index is -0.445. The van der Waals surface area contributed by atoms with Crippen molar-refractivity contribution in [2.45, 2.75) is 34.6 Å². The largest absolute Gasteiger partial charge is 0.459 e. The summed E-state index contributed by atoms with van der Waals surface area (Å²) in [6.07, 6.45) is 0. The van der Waals surface area contributed by atoms with Gasteiger partial charge in [0.2, 0.25) is 0 Å². The van der Waals surface area contributed by atoms with Gasteiger partial charge in [0.25, 0.3) is 0 Å². The minimum absolute atomic E-state index is 0.156. The molecule has 0 radical (unpaired) electrons. The molecule has 3 heteroatoms. The Hall–Kier alpha value is -1.30. The number of ether oxygens (including phenoxy) is 1. The first-order chi connectivity index (χ1) is 6.81. The molecule has 0 fully saturated rings. The van der Waals surface area contributed by atoms with Crippen LogP contribution in [-0.2, 0) is 9.53 Å². The van der Waals surface area contributed by atoms with Crippen LogP contribution in [0.1, 0.15) is 34.6 Å². The molecular formula is C12H19NO2. The number of nitrogens with zero attached hydrogens (tertiary/aromatic N) is 1. The summed E-state index contributed by atoms with van der Waals surface area (Å²) in [5.41, 5.74) is 2.30. The summed E-state index contributed by atoms with van der Waals surface area (Å²) in [7, 11) is 0. The molecule has 0 atom stereocenters. The molecule has 0 aromatic carbocycles. The predicted molar refractivity (Wildman–Crippen MR) is 60.3 cm³/mol. The zero-order valence-corrected chi connectivity index (χ0v) is 10.2. The molecule has 0 saturated carbocycles. The van der Waals surface area contributed by atoms with Gasteiger partial charge >= 0.3 is 12.5 Å². The number of hydrogen-bond donors (Lipinski definition) is 0. The van der Waals surface area contributed by atoms with Crippen molar-refractivity contribution in [3.8, 4) is 0 Å². The van der Waals surface area contributed by atoms with E-state index in [1.54, 1.807) is 0 Å². The van der Waals surface area contributed by atoms with Crippen molar-refractivity contribution in [1.29, 1.82) is 0 Å². The first-order valence-electron chi connectivity index (χ1n) is 4.94. The van der Waals surface area contributed by atoms with Crippen molar-refractivity contribution in [2.75, 3.05) is 13.2 Å². The lowest BCUT2D eigenvalue weighted by atomic mass is 9.84. The Morgan fingerprint density at radius 2 is 1.87 bits per heavy atom. The molecule has 0 amide bonds. The number of carbonyl (C=O) groups excluding carboxylic acids is 1. The van der Waals surface area contributed by atoms with E-state index in [-0.39, 0.29) is 12.0 Å². The Morgan fingerprint density at radius 1 is 1.33 bits per heavy atom. The number of carbonyl (C=O) groups is 1. The molecule has 3 nitrogen and oxygen atoms in total. The van der Waals surface area contributed by atoms with Crippen molar-refractivity contribution in [2.24, 2.45) is 5.41 Å². The van der Waals surface area contributed by atoms with E-state index in [0.29, 0.717) is 6.61 Å². The Bertz CT molecular complexity index is 304. The molecule has 0 N–H and O–H groups in total. The van der Waals surface area contributed by atoms with E-state index < -0.39 is 5.97 Å². The fourth-order valence-corrected chi connectivity index (χ4v) is 1.16. The molecule has 0 saturated heterocycles. The second kappa shape index (κ2) is 5.55. The zero-order chi connectivity index (χ0) is 12.1. The highest BCUT2D eigenvalue weighted by molar-refractivity contribution is 5.73. The van der Waals surface area contributed by atoms with Gasteiger partial charge < -0.3 is 9.58 Å². The lowest BCUT2D eigenvalue weighted by Gasteiger charge is -2.26. The van der Waals surface area contributed by atoms with Crippen LogP contribution in [0, 0.1) is 12.0 Å². The second-order valence-corrected chi connectivity index (χ2v) is 4.49. The average molecular weight is 209 g/mol. The monoisotopic (exact) mass is 209 g/mol. The predicted octanol–water partition coefficient (Wildman–Crippen LogP) is 2.83. The van der Waals surface area contributed by atoms with E-state index in [0.717, 1.165) is 0 Å². The number of esters is 1. The minimum Gasteiger partial charge on any atom is -0.459 e. The van der Waals surface area contributed by atoms with Gasteiger partial charge in [-0.1, -0.05) is 25.0 Å². The van der Waals surface area contributed by atoms with Crippen LogP contribution in [0.5, 0.6) is 0 Å². The van der Waals surface area contributed by atoms with E-state index in [1.165, 1.54) is 11.1 Å². The summed E-state index contributed by atoms with van der Waals surface area (Å²) in [6.45, 7) is 16.9. The summed E-state index contributed by atoms with van der Waals surface area (Å²) in [5, 5.41) is 0. The summed E-state index contributed by atoms with van der Waals surface area (Å²) >= 11 is 0. The molecule has 0 aliphatic carbocycles. The van der Waals surface area contributed by atoms with Gasteiger partial charge in [0.1, 0.15) is 6.61 Å².